The van der Waals surface area contributed by atoms with E-state index < -0.39 is 40.9 Å². The van der Waals surface area contributed by atoms with Crippen molar-refractivity contribution in [3.63, 3.8) is 0 Å². The second kappa shape index (κ2) is 5.33. The Morgan fingerprint density at radius 2 is 1.74 bits per heavy atom. The monoisotopic (exact) mass is 284 g/mol. The summed E-state index contributed by atoms with van der Waals surface area (Å²) < 4.78 is 78.8. The molecule has 0 radical (unpaired) electrons. The summed E-state index contributed by atoms with van der Waals surface area (Å²) in [5, 5.41) is 0. The predicted octanol–water partition coefficient (Wildman–Crippen LogP) is 4.17. The molecule has 104 valence electrons. The summed E-state index contributed by atoms with van der Waals surface area (Å²) in [6.45, 7) is 0.828. The molecular formula is C11H6F6O2. The van der Waals surface area contributed by atoms with Crippen LogP contribution in [0.15, 0.2) is 24.3 Å². The van der Waals surface area contributed by atoms with Crippen molar-refractivity contribution in [3.8, 4) is 5.75 Å². The zero-order chi connectivity index (χ0) is 14.8. The van der Waals surface area contributed by atoms with E-state index in [0.717, 1.165) is 6.92 Å². The van der Waals surface area contributed by atoms with Crippen LogP contribution in [0.3, 0.4) is 0 Å². The third-order valence-electron chi connectivity index (χ3n) is 1.96. The molecule has 0 atom stereocenters. The van der Waals surface area contributed by atoms with E-state index in [1.807, 2.05) is 0 Å². The van der Waals surface area contributed by atoms with Gasteiger partial charge in [-0.2, -0.15) is 22.0 Å². The molecule has 0 amide bonds. The number of halogens is 6. The molecule has 0 saturated carbocycles. The van der Waals surface area contributed by atoms with Gasteiger partial charge in [-0.15, -0.1) is 0 Å². The van der Waals surface area contributed by atoms with Crippen molar-refractivity contribution in [1.29, 1.82) is 0 Å². The molecule has 0 aliphatic rings. The summed E-state index contributed by atoms with van der Waals surface area (Å²) in [5.74, 6) is -4.11. The average Bonchev–Trinajstić information content (AvgIpc) is 2.25. The van der Waals surface area contributed by atoms with Gasteiger partial charge in [0.05, 0.1) is 5.56 Å². The molecule has 1 aromatic carbocycles. The van der Waals surface area contributed by atoms with Crippen molar-refractivity contribution >= 4 is 11.8 Å². The predicted molar refractivity (Wildman–Crippen MR) is 53.0 cm³/mol. The zero-order valence-corrected chi connectivity index (χ0v) is 9.32. The van der Waals surface area contributed by atoms with Gasteiger partial charge in [0, 0.05) is 12.5 Å². The minimum atomic E-state index is -4.86. The van der Waals surface area contributed by atoms with Crippen molar-refractivity contribution < 1.29 is 35.9 Å². The molecular weight excluding hydrogens is 278 g/mol. The Hall–Kier alpha value is -1.99. The molecule has 0 aliphatic carbocycles. The number of rotatable bonds is 2. The minimum Gasteiger partial charge on any atom is -0.426 e. The Kier molecular flexibility index (Phi) is 4.23. The van der Waals surface area contributed by atoms with Crippen molar-refractivity contribution in [2.45, 2.75) is 13.1 Å². The maximum Gasteiger partial charge on any atom is 0.419 e. The van der Waals surface area contributed by atoms with E-state index in [9.17, 15) is 31.1 Å². The number of benzene rings is 1. The molecule has 0 unspecified atom stereocenters. The van der Waals surface area contributed by atoms with Crippen LogP contribution in [0, 0.1) is 0 Å². The van der Waals surface area contributed by atoms with Crippen molar-refractivity contribution in [2.24, 2.45) is 0 Å². The van der Waals surface area contributed by atoms with E-state index in [1.165, 1.54) is 0 Å². The molecule has 1 aromatic rings. The minimum absolute atomic E-state index is 0.357. The molecule has 0 fully saturated rings. The molecule has 0 spiro atoms. The summed E-state index contributed by atoms with van der Waals surface area (Å²) in [4.78, 5) is 10.7. The highest BCUT2D eigenvalue weighted by molar-refractivity contribution is 5.71. The maximum absolute atomic E-state index is 12.9. The molecule has 0 bridgehead atoms. The molecule has 0 heterocycles. The number of alkyl halides is 3. The number of ether oxygens (including phenoxy) is 1. The van der Waals surface area contributed by atoms with Crippen molar-refractivity contribution in [3.05, 3.63) is 35.4 Å². The standard InChI is InChI=1S/C11H6F6O2/c1-5(18)19-8-4-6(9(12)10(13)14)2-3-7(8)11(15,16)17/h2-4H,1H3. The Morgan fingerprint density at radius 3 is 2.16 bits per heavy atom. The molecule has 0 saturated heterocycles. The van der Waals surface area contributed by atoms with Gasteiger partial charge in [-0.05, 0) is 12.1 Å². The molecule has 1 rings (SSSR count). The van der Waals surface area contributed by atoms with Crippen molar-refractivity contribution in [2.75, 3.05) is 0 Å². The van der Waals surface area contributed by atoms with Crippen LogP contribution in [0.5, 0.6) is 5.75 Å². The van der Waals surface area contributed by atoms with E-state index in [4.69, 9.17) is 0 Å². The van der Waals surface area contributed by atoms with Crippen LogP contribution in [0.1, 0.15) is 18.1 Å². The second-order valence-electron chi connectivity index (χ2n) is 3.38. The highest BCUT2D eigenvalue weighted by Crippen LogP contribution is 2.38. The maximum atomic E-state index is 12.9. The second-order valence-corrected chi connectivity index (χ2v) is 3.38. The van der Waals surface area contributed by atoms with Gasteiger partial charge in [0.2, 0.25) is 0 Å². The normalized spacial score (nSPS) is 11.1. The lowest BCUT2D eigenvalue weighted by molar-refractivity contribution is -0.141. The quantitative estimate of drug-likeness (QED) is 0.463. The number of carbonyl (C=O) groups is 1. The summed E-state index contributed by atoms with van der Waals surface area (Å²) >= 11 is 0. The lowest BCUT2D eigenvalue weighted by Crippen LogP contribution is -2.11. The van der Waals surface area contributed by atoms with Gasteiger partial charge in [0.15, 0.2) is 5.83 Å². The van der Waals surface area contributed by atoms with Gasteiger partial charge in [-0.3, -0.25) is 4.79 Å². The first-order valence-corrected chi connectivity index (χ1v) is 4.73. The SMILES string of the molecule is CC(=O)Oc1cc(C(F)=C(F)F)ccc1C(F)(F)F. The summed E-state index contributed by atoms with van der Waals surface area (Å²) in [6, 6.07) is 1.26. The highest BCUT2D eigenvalue weighted by atomic mass is 19.4. The lowest BCUT2D eigenvalue weighted by atomic mass is 10.1. The highest BCUT2D eigenvalue weighted by Gasteiger charge is 2.35. The Balaban J connectivity index is 3.39. The average molecular weight is 284 g/mol. The van der Waals surface area contributed by atoms with Gasteiger partial charge in [0.1, 0.15) is 5.75 Å². The smallest absolute Gasteiger partial charge is 0.419 e. The van der Waals surface area contributed by atoms with Crippen LogP contribution < -0.4 is 4.74 Å². The molecule has 8 heteroatoms. The van der Waals surface area contributed by atoms with Crippen LogP contribution in [0.2, 0.25) is 0 Å². The number of hydrogen-bond donors (Lipinski definition) is 0. The Labute approximate surface area is 103 Å². The fraction of sp³-hybridized carbons (Fsp3) is 0.182. The van der Waals surface area contributed by atoms with Crippen molar-refractivity contribution in [1.82, 2.24) is 0 Å². The first-order chi connectivity index (χ1) is 8.62. The van der Waals surface area contributed by atoms with E-state index in [1.54, 1.807) is 0 Å². The molecule has 0 N–H and O–H groups in total. The van der Waals surface area contributed by atoms with E-state index in [0.29, 0.717) is 18.2 Å². The fourth-order valence-electron chi connectivity index (χ4n) is 1.24. The fourth-order valence-corrected chi connectivity index (χ4v) is 1.24. The van der Waals surface area contributed by atoms with Crippen LogP contribution in [-0.4, -0.2) is 5.97 Å². The van der Waals surface area contributed by atoms with Gasteiger partial charge in [-0.25, -0.2) is 4.39 Å². The third-order valence-corrected chi connectivity index (χ3v) is 1.96. The Morgan fingerprint density at radius 1 is 1.16 bits per heavy atom. The van der Waals surface area contributed by atoms with Gasteiger partial charge in [0.25, 0.3) is 0 Å². The summed E-state index contributed by atoms with van der Waals surface area (Å²) in [5.41, 5.74) is -2.18. The lowest BCUT2D eigenvalue weighted by Gasteiger charge is -2.12. The van der Waals surface area contributed by atoms with Crippen LogP contribution in [-0.2, 0) is 11.0 Å². The van der Waals surface area contributed by atoms with Crippen LogP contribution >= 0.6 is 0 Å². The van der Waals surface area contributed by atoms with E-state index in [2.05, 4.69) is 4.74 Å². The first kappa shape index (κ1) is 15.1. The van der Waals surface area contributed by atoms with Gasteiger partial charge in [-0.1, -0.05) is 6.07 Å². The number of carbonyl (C=O) groups excluding carboxylic acids is 1. The first-order valence-electron chi connectivity index (χ1n) is 4.73. The van der Waals surface area contributed by atoms with Crippen LogP contribution in [0.4, 0.5) is 26.3 Å². The van der Waals surface area contributed by atoms with Gasteiger partial charge < -0.3 is 4.74 Å². The molecule has 0 aromatic heterocycles. The molecule has 2 nitrogen and oxygen atoms in total. The molecule has 19 heavy (non-hydrogen) atoms. The number of esters is 1. The third kappa shape index (κ3) is 3.73. The van der Waals surface area contributed by atoms with E-state index >= 15 is 0 Å². The van der Waals surface area contributed by atoms with Crippen LogP contribution in [0.25, 0.3) is 5.83 Å². The summed E-state index contributed by atoms with van der Waals surface area (Å²) in [6.07, 6.45) is -7.55. The topological polar surface area (TPSA) is 26.3 Å². The largest absolute Gasteiger partial charge is 0.426 e. The summed E-state index contributed by atoms with van der Waals surface area (Å²) in [7, 11) is 0. The van der Waals surface area contributed by atoms with E-state index in [-0.39, 0.29) is 0 Å². The Bertz CT molecular complexity index is 528. The number of hydrogen-bond acceptors (Lipinski definition) is 2. The molecule has 0 aliphatic heterocycles. The van der Waals surface area contributed by atoms with Gasteiger partial charge >= 0.3 is 18.2 Å². The zero-order valence-electron chi connectivity index (χ0n) is 9.32.